The van der Waals surface area contributed by atoms with Gasteiger partial charge in [0.15, 0.2) is 0 Å². The molecule has 2 N–H and O–H groups in total. The average molecular weight is 269 g/mol. The number of anilines is 1. The van der Waals surface area contributed by atoms with Gasteiger partial charge in [0, 0.05) is 24.0 Å². The number of nitrogens with two attached hydrogens (primary N) is 1. The molecule has 1 aliphatic heterocycles. The Hall–Kier alpha value is -1.26. The maximum atomic E-state index is 11.9. The van der Waals surface area contributed by atoms with E-state index in [0.717, 1.165) is 16.8 Å². The molecule has 0 saturated carbocycles. The van der Waals surface area contributed by atoms with Crippen molar-refractivity contribution in [1.29, 1.82) is 0 Å². The molecule has 1 atom stereocenters. The van der Waals surface area contributed by atoms with E-state index >= 15 is 0 Å². The standard InChI is InChI=1S/C13H17ClN2O2/c1-7-4-10(18-3)13(8(2)12(7)14)16-6-9(15)5-11(16)17/h4,9H,5-6,15H2,1-3H3. The van der Waals surface area contributed by atoms with E-state index in [1.54, 1.807) is 12.0 Å². The normalized spacial score (nSPS) is 19.5. The van der Waals surface area contributed by atoms with Crippen molar-refractivity contribution >= 4 is 23.2 Å². The summed E-state index contributed by atoms with van der Waals surface area (Å²) in [7, 11) is 1.59. The van der Waals surface area contributed by atoms with E-state index in [-0.39, 0.29) is 11.9 Å². The summed E-state index contributed by atoms with van der Waals surface area (Å²) >= 11 is 6.25. The van der Waals surface area contributed by atoms with Gasteiger partial charge in [-0.2, -0.15) is 0 Å². The molecule has 1 amide bonds. The Morgan fingerprint density at radius 2 is 2.17 bits per heavy atom. The van der Waals surface area contributed by atoms with Gasteiger partial charge >= 0.3 is 0 Å². The number of amides is 1. The van der Waals surface area contributed by atoms with E-state index < -0.39 is 0 Å². The molecule has 1 aliphatic rings. The van der Waals surface area contributed by atoms with Crippen molar-refractivity contribution in [2.75, 3.05) is 18.6 Å². The molecule has 1 fully saturated rings. The van der Waals surface area contributed by atoms with Gasteiger partial charge in [0.2, 0.25) is 5.91 Å². The Morgan fingerprint density at radius 1 is 1.50 bits per heavy atom. The molecule has 0 radical (unpaired) electrons. The number of halogens is 1. The lowest BCUT2D eigenvalue weighted by Crippen LogP contribution is -2.29. The average Bonchev–Trinajstić information content (AvgIpc) is 2.64. The number of methoxy groups -OCH3 is 1. The van der Waals surface area contributed by atoms with E-state index in [9.17, 15) is 4.79 Å². The SMILES string of the molecule is COc1cc(C)c(Cl)c(C)c1N1CC(N)CC1=O. The number of nitrogens with zero attached hydrogens (tertiary/aromatic N) is 1. The van der Waals surface area contributed by atoms with Crippen LogP contribution in [0.15, 0.2) is 6.07 Å². The minimum Gasteiger partial charge on any atom is -0.495 e. The lowest BCUT2D eigenvalue weighted by Gasteiger charge is -2.23. The highest BCUT2D eigenvalue weighted by atomic mass is 35.5. The maximum absolute atomic E-state index is 11.9. The van der Waals surface area contributed by atoms with Crippen LogP contribution in [-0.2, 0) is 4.79 Å². The van der Waals surface area contributed by atoms with Crippen molar-refractivity contribution in [2.45, 2.75) is 26.3 Å². The molecule has 0 spiro atoms. The summed E-state index contributed by atoms with van der Waals surface area (Å²) in [6.45, 7) is 4.32. The molecule has 1 aromatic rings. The molecule has 1 unspecified atom stereocenters. The van der Waals surface area contributed by atoms with Crippen molar-refractivity contribution in [3.05, 3.63) is 22.2 Å². The van der Waals surface area contributed by atoms with Crippen LogP contribution in [0.1, 0.15) is 17.5 Å². The molecule has 4 nitrogen and oxygen atoms in total. The summed E-state index contributed by atoms with van der Waals surface area (Å²) in [4.78, 5) is 13.6. The van der Waals surface area contributed by atoms with Gasteiger partial charge < -0.3 is 15.4 Å². The number of carbonyl (C=O) groups excluding carboxylic acids is 1. The second-order valence-corrected chi connectivity index (χ2v) is 5.03. The first-order valence-electron chi connectivity index (χ1n) is 5.85. The van der Waals surface area contributed by atoms with E-state index in [0.29, 0.717) is 23.7 Å². The van der Waals surface area contributed by atoms with Gasteiger partial charge in [0.25, 0.3) is 0 Å². The summed E-state index contributed by atoms with van der Waals surface area (Å²) < 4.78 is 5.36. The van der Waals surface area contributed by atoms with Gasteiger partial charge in [-0.3, -0.25) is 4.79 Å². The van der Waals surface area contributed by atoms with E-state index in [2.05, 4.69) is 0 Å². The number of hydrogen-bond donors (Lipinski definition) is 1. The molecule has 1 saturated heterocycles. The number of benzene rings is 1. The zero-order valence-electron chi connectivity index (χ0n) is 10.8. The summed E-state index contributed by atoms with van der Waals surface area (Å²) in [6, 6.07) is 1.73. The van der Waals surface area contributed by atoms with E-state index in [4.69, 9.17) is 22.1 Å². The minimum atomic E-state index is -0.123. The largest absolute Gasteiger partial charge is 0.495 e. The lowest BCUT2D eigenvalue weighted by molar-refractivity contribution is -0.117. The van der Waals surface area contributed by atoms with Crippen LogP contribution < -0.4 is 15.4 Å². The highest BCUT2D eigenvalue weighted by molar-refractivity contribution is 6.32. The fourth-order valence-corrected chi connectivity index (χ4v) is 2.50. The first-order valence-corrected chi connectivity index (χ1v) is 6.23. The summed E-state index contributed by atoms with van der Waals surface area (Å²) in [5.74, 6) is 0.681. The van der Waals surface area contributed by atoms with Crippen LogP contribution in [0.5, 0.6) is 5.75 Å². The van der Waals surface area contributed by atoms with Crippen LogP contribution >= 0.6 is 11.6 Å². The second kappa shape index (κ2) is 4.78. The molecular weight excluding hydrogens is 252 g/mol. The van der Waals surface area contributed by atoms with Crippen molar-refractivity contribution in [3.8, 4) is 5.75 Å². The summed E-state index contributed by atoms with van der Waals surface area (Å²) in [5, 5.41) is 0.666. The highest BCUT2D eigenvalue weighted by Crippen LogP contribution is 2.39. The first kappa shape index (κ1) is 13.2. The molecule has 1 aromatic carbocycles. The van der Waals surface area contributed by atoms with Crippen LogP contribution in [0.4, 0.5) is 5.69 Å². The predicted octanol–water partition coefficient (Wildman–Crippen LogP) is 2.03. The Balaban J connectivity index is 2.56. The smallest absolute Gasteiger partial charge is 0.228 e. The van der Waals surface area contributed by atoms with Crippen molar-refractivity contribution < 1.29 is 9.53 Å². The molecule has 98 valence electrons. The van der Waals surface area contributed by atoms with Crippen molar-refractivity contribution in [3.63, 3.8) is 0 Å². The third kappa shape index (κ3) is 2.06. The Labute approximate surface area is 112 Å². The lowest BCUT2D eigenvalue weighted by atomic mass is 10.1. The van der Waals surface area contributed by atoms with Gasteiger partial charge in [-0.25, -0.2) is 0 Å². The highest BCUT2D eigenvalue weighted by Gasteiger charge is 2.31. The molecule has 18 heavy (non-hydrogen) atoms. The molecule has 1 heterocycles. The molecule has 2 rings (SSSR count). The summed E-state index contributed by atoms with van der Waals surface area (Å²) in [6.07, 6.45) is 0.369. The van der Waals surface area contributed by atoms with Crippen LogP contribution in [-0.4, -0.2) is 25.6 Å². The quantitative estimate of drug-likeness (QED) is 0.893. The van der Waals surface area contributed by atoms with Crippen LogP contribution in [0.3, 0.4) is 0 Å². The van der Waals surface area contributed by atoms with Crippen molar-refractivity contribution in [1.82, 2.24) is 0 Å². The number of hydrogen-bond acceptors (Lipinski definition) is 3. The van der Waals surface area contributed by atoms with Crippen molar-refractivity contribution in [2.24, 2.45) is 5.73 Å². The number of carbonyl (C=O) groups is 1. The fourth-order valence-electron chi connectivity index (χ4n) is 2.36. The minimum absolute atomic E-state index is 0.0174. The number of aryl methyl sites for hydroxylation is 1. The van der Waals surface area contributed by atoms with E-state index in [1.165, 1.54) is 0 Å². The van der Waals surface area contributed by atoms with Gasteiger partial charge in [0.05, 0.1) is 12.8 Å². The topological polar surface area (TPSA) is 55.6 Å². The first-order chi connectivity index (χ1) is 8.45. The van der Waals surface area contributed by atoms with Gasteiger partial charge in [-0.05, 0) is 31.0 Å². The van der Waals surface area contributed by atoms with Gasteiger partial charge in [0.1, 0.15) is 5.75 Å². The number of rotatable bonds is 2. The third-order valence-corrected chi connectivity index (χ3v) is 3.84. The fraction of sp³-hybridized carbons (Fsp3) is 0.462. The number of ether oxygens (including phenoxy) is 1. The molecule has 5 heteroatoms. The Bertz CT molecular complexity index is 502. The zero-order chi connectivity index (χ0) is 13.4. The zero-order valence-corrected chi connectivity index (χ0v) is 11.5. The van der Waals surface area contributed by atoms with Gasteiger partial charge in [-0.1, -0.05) is 11.6 Å². The molecule has 0 bridgehead atoms. The molecular formula is C13H17ClN2O2. The van der Waals surface area contributed by atoms with Gasteiger partial charge in [-0.15, -0.1) is 0 Å². The predicted molar refractivity (Wildman–Crippen MR) is 72.4 cm³/mol. The molecule has 0 aromatic heterocycles. The second-order valence-electron chi connectivity index (χ2n) is 4.65. The van der Waals surface area contributed by atoms with Crippen LogP contribution in [0.25, 0.3) is 0 Å². The maximum Gasteiger partial charge on any atom is 0.228 e. The molecule has 0 aliphatic carbocycles. The van der Waals surface area contributed by atoms with Crippen LogP contribution in [0, 0.1) is 13.8 Å². The Morgan fingerprint density at radius 3 is 2.67 bits per heavy atom. The van der Waals surface area contributed by atoms with Crippen LogP contribution in [0.2, 0.25) is 5.02 Å². The van der Waals surface area contributed by atoms with E-state index in [1.807, 2.05) is 19.9 Å². The monoisotopic (exact) mass is 268 g/mol. The Kier molecular flexibility index (Phi) is 3.50. The third-order valence-electron chi connectivity index (χ3n) is 3.26. The summed E-state index contributed by atoms with van der Waals surface area (Å²) in [5.41, 5.74) is 8.36.